The van der Waals surface area contributed by atoms with Gasteiger partial charge in [-0.05, 0) is 43.0 Å². The summed E-state index contributed by atoms with van der Waals surface area (Å²) in [6.45, 7) is 2.65. The summed E-state index contributed by atoms with van der Waals surface area (Å²) in [6.07, 6.45) is 1.25. The SMILES string of the molecule is COc1ccc(NC(=O)C(C)C2CCN(S(=O)(=O)c3ccc(Cl)s3)CC2)cc1OC. The highest BCUT2D eigenvalue weighted by Gasteiger charge is 2.34. The van der Waals surface area contributed by atoms with Crippen molar-refractivity contribution < 1.29 is 22.7 Å². The van der Waals surface area contributed by atoms with Crippen LogP contribution in [0, 0.1) is 11.8 Å². The number of methoxy groups -OCH3 is 2. The second-order valence-corrected chi connectivity index (χ2v) is 11.0. The van der Waals surface area contributed by atoms with E-state index < -0.39 is 10.0 Å². The monoisotopic (exact) mass is 472 g/mol. The highest BCUT2D eigenvalue weighted by molar-refractivity contribution is 7.91. The number of carbonyl (C=O) groups excluding carboxylic acids is 1. The maximum atomic E-state index is 12.7. The molecular weight excluding hydrogens is 448 g/mol. The lowest BCUT2D eigenvalue weighted by Gasteiger charge is -2.33. The molecule has 1 aromatic carbocycles. The van der Waals surface area contributed by atoms with E-state index in [1.54, 1.807) is 31.4 Å². The van der Waals surface area contributed by atoms with Crippen molar-refractivity contribution in [1.82, 2.24) is 4.31 Å². The van der Waals surface area contributed by atoms with Gasteiger partial charge in [-0.3, -0.25) is 4.79 Å². The van der Waals surface area contributed by atoms with E-state index in [-0.39, 0.29) is 22.0 Å². The second-order valence-electron chi connectivity index (χ2n) is 7.15. The lowest BCUT2D eigenvalue weighted by molar-refractivity contribution is -0.121. The summed E-state index contributed by atoms with van der Waals surface area (Å²) in [6, 6.07) is 8.33. The third kappa shape index (κ3) is 4.91. The van der Waals surface area contributed by atoms with E-state index in [4.69, 9.17) is 21.1 Å². The molecule has 7 nitrogen and oxygen atoms in total. The van der Waals surface area contributed by atoms with Gasteiger partial charge >= 0.3 is 0 Å². The van der Waals surface area contributed by atoms with Crippen LogP contribution in [0.1, 0.15) is 19.8 Å². The first-order chi connectivity index (χ1) is 14.3. The summed E-state index contributed by atoms with van der Waals surface area (Å²) in [5, 5.41) is 2.92. The van der Waals surface area contributed by atoms with E-state index in [0.29, 0.717) is 47.5 Å². The molecule has 1 aliphatic rings. The Morgan fingerprint density at radius 2 is 1.83 bits per heavy atom. The number of thiophene rings is 1. The number of carbonyl (C=O) groups is 1. The Kier molecular flexibility index (Phi) is 7.28. The van der Waals surface area contributed by atoms with E-state index in [2.05, 4.69) is 5.32 Å². The zero-order valence-electron chi connectivity index (χ0n) is 17.1. The summed E-state index contributed by atoms with van der Waals surface area (Å²) in [7, 11) is -0.439. The lowest BCUT2D eigenvalue weighted by Crippen LogP contribution is -2.41. The van der Waals surface area contributed by atoms with Crippen LogP contribution in [-0.4, -0.2) is 45.9 Å². The number of piperidine rings is 1. The Labute approximate surface area is 186 Å². The molecule has 0 radical (unpaired) electrons. The molecular formula is C20H25ClN2O5S2. The highest BCUT2D eigenvalue weighted by Crippen LogP contribution is 2.33. The number of benzene rings is 1. The van der Waals surface area contributed by atoms with Crippen LogP contribution in [0.25, 0.3) is 0 Å². The van der Waals surface area contributed by atoms with Crippen LogP contribution in [-0.2, 0) is 14.8 Å². The minimum Gasteiger partial charge on any atom is -0.493 e. The number of hydrogen-bond donors (Lipinski definition) is 1. The lowest BCUT2D eigenvalue weighted by atomic mass is 9.85. The molecule has 1 fully saturated rings. The van der Waals surface area contributed by atoms with Gasteiger partial charge in [0, 0.05) is 30.8 Å². The number of sulfonamides is 1. The molecule has 0 saturated carbocycles. The van der Waals surface area contributed by atoms with Gasteiger partial charge < -0.3 is 14.8 Å². The standard InChI is InChI=1S/C20H25ClN2O5S2/c1-13(20(24)22-15-4-5-16(27-2)17(12-15)28-3)14-8-10-23(11-9-14)30(25,26)19-7-6-18(21)29-19/h4-7,12-14H,8-11H2,1-3H3,(H,22,24). The van der Waals surface area contributed by atoms with E-state index in [0.717, 1.165) is 11.3 Å². The average molecular weight is 473 g/mol. The normalized spacial score (nSPS) is 16.8. The fraction of sp³-hybridized carbons (Fsp3) is 0.450. The summed E-state index contributed by atoms with van der Waals surface area (Å²) >= 11 is 6.94. The number of anilines is 1. The van der Waals surface area contributed by atoms with Crippen molar-refractivity contribution in [1.29, 1.82) is 0 Å². The van der Waals surface area contributed by atoms with E-state index in [9.17, 15) is 13.2 Å². The fourth-order valence-electron chi connectivity index (χ4n) is 3.56. The Hall–Kier alpha value is -1.81. The number of nitrogens with one attached hydrogen (secondary N) is 1. The van der Waals surface area contributed by atoms with Crippen LogP contribution in [0.2, 0.25) is 4.34 Å². The number of halogens is 1. The number of nitrogens with zero attached hydrogens (tertiary/aromatic N) is 1. The number of rotatable bonds is 7. The molecule has 1 amide bonds. The van der Waals surface area contributed by atoms with Crippen LogP contribution >= 0.6 is 22.9 Å². The smallest absolute Gasteiger partial charge is 0.252 e. The van der Waals surface area contributed by atoms with E-state index >= 15 is 0 Å². The quantitative estimate of drug-likeness (QED) is 0.655. The third-order valence-electron chi connectivity index (χ3n) is 5.41. The van der Waals surface area contributed by atoms with Crippen LogP contribution < -0.4 is 14.8 Å². The van der Waals surface area contributed by atoms with Gasteiger partial charge in [-0.15, -0.1) is 11.3 Å². The first-order valence-corrected chi connectivity index (χ1v) is 12.2. The maximum absolute atomic E-state index is 12.7. The summed E-state index contributed by atoms with van der Waals surface area (Å²) in [5.74, 6) is 0.871. The molecule has 1 unspecified atom stereocenters. The Balaban J connectivity index is 1.59. The number of ether oxygens (including phenoxy) is 2. The van der Waals surface area contributed by atoms with Crippen molar-refractivity contribution >= 4 is 44.6 Å². The predicted octanol–water partition coefficient (Wildman–Crippen LogP) is 4.09. The second kappa shape index (κ2) is 9.55. The van der Waals surface area contributed by atoms with E-state index in [1.807, 2.05) is 6.92 Å². The summed E-state index contributed by atoms with van der Waals surface area (Å²) in [5.41, 5.74) is 0.624. The predicted molar refractivity (Wildman–Crippen MR) is 118 cm³/mol. The number of hydrogen-bond acceptors (Lipinski definition) is 6. The van der Waals surface area contributed by atoms with Crippen LogP contribution in [0.5, 0.6) is 11.5 Å². The van der Waals surface area contributed by atoms with Crippen molar-refractivity contribution in [3.05, 3.63) is 34.7 Å². The molecule has 0 aliphatic carbocycles. The van der Waals surface area contributed by atoms with Gasteiger partial charge in [0.2, 0.25) is 5.91 Å². The Bertz CT molecular complexity index is 1000. The third-order valence-corrected chi connectivity index (χ3v) is 9.01. The summed E-state index contributed by atoms with van der Waals surface area (Å²) in [4.78, 5) is 12.7. The van der Waals surface area contributed by atoms with Crippen molar-refractivity contribution in [3.63, 3.8) is 0 Å². The largest absolute Gasteiger partial charge is 0.493 e. The molecule has 1 N–H and O–H groups in total. The topological polar surface area (TPSA) is 84.9 Å². The van der Waals surface area contributed by atoms with E-state index in [1.165, 1.54) is 17.5 Å². The first kappa shape index (κ1) is 22.9. The minimum atomic E-state index is -3.53. The van der Waals surface area contributed by atoms with Gasteiger partial charge in [0.05, 0.1) is 18.6 Å². The molecule has 1 atom stereocenters. The minimum absolute atomic E-state index is 0.100. The molecule has 30 heavy (non-hydrogen) atoms. The summed E-state index contributed by atoms with van der Waals surface area (Å²) < 4.78 is 38.1. The van der Waals surface area contributed by atoms with Gasteiger partial charge in [-0.1, -0.05) is 18.5 Å². The zero-order valence-corrected chi connectivity index (χ0v) is 19.4. The molecule has 164 valence electrons. The highest BCUT2D eigenvalue weighted by atomic mass is 35.5. The van der Waals surface area contributed by atoms with Crippen molar-refractivity contribution in [2.45, 2.75) is 24.0 Å². The molecule has 0 spiro atoms. The zero-order chi connectivity index (χ0) is 21.9. The van der Waals surface area contributed by atoms with Crippen molar-refractivity contribution in [2.75, 3.05) is 32.6 Å². The molecule has 2 aromatic rings. The van der Waals surface area contributed by atoms with Gasteiger partial charge in [-0.25, -0.2) is 8.42 Å². The Morgan fingerprint density at radius 3 is 2.40 bits per heavy atom. The molecule has 1 aliphatic heterocycles. The maximum Gasteiger partial charge on any atom is 0.252 e. The van der Waals surface area contributed by atoms with Gasteiger partial charge in [0.25, 0.3) is 10.0 Å². The molecule has 1 aromatic heterocycles. The molecule has 2 heterocycles. The fourth-order valence-corrected chi connectivity index (χ4v) is 6.67. The van der Waals surface area contributed by atoms with Gasteiger partial charge in [-0.2, -0.15) is 4.31 Å². The van der Waals surface area contributed by atoms with Crippen LogP contribution in [0.4, 0.5) is 5.69 Å². The van der Waals surface area contributed by atoms with Crippen molar-refractivity contribution in [2.24, 2.45) is 11.8 Å². The molecule has 10 heteroatoms. The van der Waals surface area contributed by atoms with Crippen molar-refractivity contribution in [3.8, 4) is 11.5 Å². The average Bonchev–Trinajstić information content (AvgIpc) is 3.20. The number of amides is 1. The Morgan fingerprint density at radius 1 is 1.17 bits per heavy atom. The van der Waals surface area contributed by atoms with Gasteiger partial charge in [0.1, 0.15) is 4.21 Å². The van der Waals surface area contributed by atoms with Gasteiger partial charge in [0.15, 0.2) is 11.5 Å². The molecule has 1 saturated heterocycles. The van der Waals surface area contributed by atoms with Crippen LogP contribution in [0.15, 0.2) is 34.5 Å². The molecule has 0 bridgehead atoms. The first-order valence-electron chi connectivity index (χ1n) is 9.54. The molecule has 3 rings (SSSR count). The van der Waals surface area contributed by atoms with Crippen LogP contribution in [0.3, 0.4) is 0 Å².